The normalized spacial score (nSPS) is 14.0. The maximum atomic E-state index is 12.5. The third kappa shape index (κ3) is 2.91. The van der Waals surface area contributed by atoms with Crippen molar-refractivity contribution in [1.82, 2.24) is 9.97 Å². The summed E-state index contributed by atoms with van der Waals surface area (Å²) in [5, 5.41) is 5.61. The molecule has 0 radical (unpaired) electrons. The molecule has 1 aliphatic heterocycles. The van der Waals surface area contributed by atoms with Crippen LogP contribution in [0, 0.1) is 0 Å². The number of anilines is 3. The first-order valence-corrected chi connectivity index (χ1v) is 8.01. The number of fused-ring (bicyclic) bond motifs is 2. The van der Waals surface area contributed by atoms with E-state index in [0.29, 0.717) is 30.2 Å². The Morgan fingerprint density at radius 1 is 1.24 bits per heavy atom. The Labute approximate surface area is 144 Å². The van der Waals surface area contributed by atoms with E-state index in [1.54, 1.807) is 12.1 Å². The van der Waals surface area contributed by atoms with Crippen molar-refractivity contribution in [1.29, 1.82) is 0 Å². The fraction of sp³-hybridized carbons (Fsp3) is 0.167. The maximum Gasteiger partial charge on any atom is 0.258 e. The molecule has 25 heavy (non-hydrogen) atoms. The number of nitrogens with zero attached hydrogens (tertiary/aromatic N) is 2. The molecule has 0 fully saturated rings. The number of H-pyrrole nitrogens is 1. The second-order valence-electron chi connectivity index (χ2n) is 6.01. The lowest BCUT2D eigenvalue weighted by atomic mass is 10.1. The van der Waals surface area contributed by atoms with Crippen molar-refractivity contribution in [2.75, 3.05) is 29.1 Å². The van der Waals surface area contributed by atoms with Crippen LogP contribution in [0.5, 0.6) is 0 Å². The molecule has 3 N–H and O–H groups in total. The van der Waals surface area contributed by atoms with Gasteiger partial charge in [-0.05, 0) is 30.3 Å². The molecule has 0 spiro atoms. The Morgan fingerprint density at radius 3 is 2.92 bits per heavy atom. The van der Waals surface area contributed by atoms with E-state index in [2.05, 4.69) is 20.6 Å². The molecule has 1 aromatic heterocycles. The van der Waals surface area contributed by atoms with E-state index in [1.165, 1.54) is 0 Å². The summed E-state index contributed by atoms with van der Waals surface area (Å²) in [5.74, 6) is 0.0470. The number of rotatable bonds is 2. The molecule has 3 aromatic rings. The highest BCUT2D eigenvalue weighted by atomic mass is 16.2. The van der Waals surface area contributed by atoms with Gasteiger partial charge in [0.05, 0.1) is 22.4 Å². The van der Waals surface area contributed by atoms with Crippen molar-refractivity contribution in [2.45, 2.75) is 6.42 Å². The number of benzene rings is 2. The van der Waals surface area contributed by atoms with Gasteiger partial charge in [-0.2, -0.15) is 0 Å². The molecule has 2 heterocycles. The average molecular weight is 335 g/mol. The second kappa shape index (κ2) is 5.94. The Morgan fingerprint density at radius 2 is 2.08 bits per heavy atom. The van der Waals surface area contributed by atoms with Gasteiger partial charge < -0.3 is 15.2 Å². The Hall–Kier alpha value is -3.35. The summed E-state index contributed by atoms with van der Waals surface area (Å²) in [7, 11) is 1.92. The smallest absolute Gasteiger partial charge is 0.258 e. The van der Waals surface area contributed by atoms with Crippen LogP contribution in [-0.4, -0.2) is 35.4 Å². The van der Waals surface area contributed by atoms with Gasteiger partial charge in [0.2, 0.25) is 11.9 Å². The molecular weight excluding hydrogens is 318 g/mol. The summed E-state index contributed by atoms with van der Waals surface area (Å²) >= 11 is 0. The van der Waals surface area contributed by atoms with Crippen molar-refractivity contribution in [2.24, 2.45) is 0 Å². The number of carbonyl (C=O) groups excluding carboxylic acids is 2. The van der Waals surface area contributed by atoms with Gasteiger partial charge in [0.25, 0.3) is 5.91 Å². The molecular formula is C18H17N5O2. The van der Waals surface area contributed by atoms with Crippen LogP contribution in [-0.2, 0) is 4.79 Å². The summed E-state index contributed by atoms with van der Waals surface area (Å²) in [6.45, 7) is 0.642. The zero-order valence-corrected chi connectivity index (χ0v) is 13.7. The van der Waals surface area contributed by atoms with E-state index < -0.39 is 0 Å². The molecule has 0 saturated carbocycles. The van der Waals surface area contributed by atoms with Crippen LogP contribution in [0.25, 0.3) is 11.0 Å². The summed E-state index contributed by atoms with van der Waals surface area (Å²) in [6.07, 6.45) is 0.422. The average Bonchev–Trinajstić information content (AvgIpc) is 2.95. The highest BCUT2D eigenvalue weighted by molar-refractivity contribution is 6.06. The van der Waals surface area contributed by atoms with Gasteiger partial charge in [-0.25, -0.2) is 4.98 Å². The fourth-order valence-corrected chi connectivity index (χ4v) is 2.90. The van der Waals surface area contributed by atoms with Crippen LogP contribution >= 0.6 is 0 Å². The van der Waals surface area contributed by atoms with Gasteiger partial charge in [-0.3, -0.25) is 14.9 Å². The van der Waals surface area contributed by atoms with Gasteiger partial charge >= 0.3 is 0 Å². The number of hydrogen-bond donors (Lipinski definition) is 3. The van der Waals surface area contributed by atoms with Crippen LogP contribution in [0.15, 0.2) is 42.5 Å². The lowest BCUT2D eigenvalue weighted by molar-refractivity contribution is -0.115. The van der Waals surface area contributed by atoms with Crippen LogP contribution < -0.4 is 15.5 Å². The number of aromatic nitrogens is 2. The number of aromatic amines is 1. The number of imidazole rings is 1. The van der Waals surface area contributed by atoms with Crippen molar-refractivity contribution in [3.8, 4) is 0 Å². The topological polar surface area (TPSA) is 90.1 Å². The first kappa shape index (κ1) is 15.2. The van der Waals surface area contributed by atoms with E-state index in [4.69, 9.17) is 0 Å². The van der Waals surface area contributed by atoms with E-state index >= 15 is 0 Å². The summed E-state index contributed by atoms with van der Waals surface area (Å²) in [4.78, 5) is 33.7. The minimum atomic E-state index is -0.289. The summed E-state index contributed by atoms with van der Waals surface area (Å²) < 4.78 is 0. The molecule has 7 nitrogen and oxygen atoms in total. The minimum Gasteiger partial charge on any atom is -0.372 e. The van der Waals surface area contributed by atoms with E-state index in [-0.39, 0.29) is 11.8 Å². The predicted molar refractivity (Wildman–Crippen MR) is 97.0 cm³/mol. The SMILES string of the molecule is CN1CCC(=O)Nc2cc(C(=O)Nc3nc4ccccc4[nH]3)ccc21. The van der Waals surface area contributed by atoms with Crippen LogP contribution in [0.1, 0.15) is 16.8 Å². The molecule has 7 heteroatoms. The number of carbonyl (C=O) groups is 2. The Balaban J connectivity index is 1.61. The Bertz CT molecular complexity index is 946. The second-order valence-corrected chi connectivity index (χ2v) is 6.01. The number of amides is 2. The van der Waals surface area contributed by atoms with Crippen molar-refractivity contribution in [3.63, 3.8) is 0 Å². The zero-order valence-electron chi connectivity index (χ0n) is 13.7. The molecule has 0 atom stereocenters. The summed E-state index contributed by atoms with van der Waals surface area (Å²) in [6, 6.07) is 12.8. The molecule has 0 bridgehead atoms. The van der Waals surface area contributed by atoms with Crippen molar-refractivity contribution < 1.29 is 9.59 Å². The third-order valence-corrected chi connectivity index (χ3v) is 4.24. The highest BCUT2D eigenvalue weighted by Gasteiger charge is 2.18. The quantitative estimate of drug-likeness (QED) is 0.671. The van der Waals surface area contributed by atoms with Gasteiger partial charge in [-0.1, -0.05) is 12.1 Å². The van der Waals surface area contributed by atoms with E-state index in [0.717, 1.165) is 16.7 Å². The number of hydrogen-bond acceptors (Lipinski definition) is 4. The molecule has 2 aromatic carbocycles. The van der Waals surface area contributed by atoms with Crippen LogP contribution in [0.3, 0.4) is 0 Å². The largest absolute Gasteiger partial charge is 0.372 e. The van der Waals surface area contributed by atoms with Gasteiger partial charge in [0.15, 0.2) is 0 Å². The lowest BCUT2D eigenvalue weighted by Gasteiger charge is -2.18. The number of nitrogens with one attached hydrogen (secondary N) is 3. The number of para-hydroxylation sites is 2. The predicted octanol–water partition coefficient (Wildman–Crippen LogP) is 2.59. The maximum absolute atomic E-state index is 12.5. The Kier molecular flexibility index (Phi) is 3.61. The first-order chi connectivity index (χ1) is 12.1. The van der Waals surface area contributed by atoms with Crippen molar-refractivity contribution in [3.05, 3.63) is 48.0 Å². The van der Waals surface area contributed by atoms with Crippen molar-refractivity contribution >= 4 is 40.2 Å². The minimum absolute atomic E-state index is 0.0551. The summed E-state index contributed by atoms with van der Waals surface area (Å²) in [5.41, 5.74) is 3.63. The standard InChI is InChI=1S/C18H17N5O2/c1-23-9-8-16(24)19-14-10-11(6-7-15(14)23)17(25)22-18-20-12-4-2-3-5-13(12)21-18/h2-7,10H,8-9H2,1H3,(H,19,24)(H2,20,21,22,25). The van der Waals surface area contributed by atoms with Crippen LogP contribution in [0.2, 0.25) is 0 Å². The molecule has 2 amide bonds. The zero-order chi connectivity index (χ0) is 17.4. The monoisotopic (exact) mass is 335 g/mol. The van der Waals surface area contributed by atoms with Gasteiger partial charge in [0, 0.05) is 25.6 Å². The lowest BCUT2D eigenvalue weighted by Crippen LogP contribution is -2.18. The van der Waals surface area contributed by atoms with E-state index in [1.807, 2.05) is 42.3 Å². The van der Waals surface area contributed by atoms with Gasteiger partial charge in [0.1, 0.15) is 0 Å². The fourth-order valence-electron chi connectivity index (χ4n) is 2.90. The molecule has 4 rings (SSSR count). The highest BCUT2D eigenvalue weighted by Crippen LogP contribution is 2.29. The van der Waals surface area contributed by atoms with E-state index in [9.17, 15) is 9.59 Å². The molecule has 0 unspecified atom stereocenters. The van der Waals surface area contributed by atoms with Crippen LogP contribution in [0.4, 0.5) is 17.3 Å². The molecule has 0 aliphatic carbocycles. The molecule has 0 saturated heterocycles. The van der Waals surface area contributed by atoms with Gasteiger partial charge in [-0.15, -0.1) is 0 Å². The molecule has 1 aliphatic rings. The first-order valence-electron chi connectivity index (χ1n) is 8.01. The third-order valence-electron chi connectivity index (χ3n) is 4.24. The molecule has 126 valence electrons.